The van der Waals surface area contributed by atoms with Gasteiger partial charge in [-0.2, -0.15) is 0 Å². The van der Waals surface area contributed by atoms with E-state index in [1.54, 1.807) is 23.1 Å². The van der Waals surface area contributed by atoms with E-state index in [9.17, 15) is 0 Å². The van der Waals surface area contributed by atoms with E-state index in [2.05, 4.69) is 51.8 Å². The molecule has 4 rings (SSSR count). The molecule has 146 valence electrons. The number of aromatic nitrogens is 1. The molecule has 1 aromatic heterocycles. The second-order valence-corrected chi connectivity index (χ2v) is 9.34. The maximum absolute atomic E-state index is 6.21. The Kier molecular flexibility index (Phi) is 6.09. The predicted molar refractivity (Wildman–Crippen MR) is 126 cm³/mol. The zero-order valence-electron chi connectivity index (χ0n) is 16.0. The third-order valence-corrected chi connectivity index (χ3v) is 7.16. The monoisotopic (exact) mass is 430 g/mol. The van der Waals surface area contributed by atoms with E-state index in [0.717, 1.165) is 61.9 Å². The Balaban J connectivity index is 1.30. The fraction of sp³-hybridized carbons (Fsp3) is 0.333. The molecule has 0 bridgehead atoms. The first-order valence-electron chi connectivity index (χ1n) is 9.48. The quantitative estimate of drug-likeness (QED) is 0.488. The van der Waals surface area contributed by atoms with Crippen LogP contribution < -0.4 is 10.6 Å². The van der Waals surface area contributed by atoms with E-state index < -0.39 is 0 Å². The topological polar surface area (TPSA) is 49.3 Å². The van der Waals surface area contributed by atoms with Crippen molar-refractivity contribution in [2.24, 2.45) is 4.99 Å². The van der Waals surface area contributed by atoms with Crippen molar-refractivity contribution in [2.75, 3.05) is 22.9 Å². The van der Waals surface area contributed by atoms with E-state index in [4.69, 9.17) is 11.6 Å². The molecule has 1 unspecified atom stereocenters. The van der Waals surface area contributed by atoms with Gasteiger partial charge in [0, 0.05) is 23.0 Å². The number of hydrogen-bond acceptors (Lipinski definition) is 6. The maximum atomic E-state index is 6.21. The van der Waals surface area contributed by atoms with Gasteiger partial charge in [0.05, 0.1) is 16.3 Å². The first-order valence-corrected chi connectivity index (χ1v) is 11.7. The summed E-state index contributed by atoms with van der Waals surface area (Å²) in [7, 11) is 0. The minimum atomic E-state index is 0.459. The number of thiazole rings is 1. The summed E-state index contributed by atoms with van der Waals surface area (Å²) in [5, 5.41) is 9.62. The van der Waals surface area contributed by atoms with Crippen molar-refractivity contribution in [3.05, 3.63) is 52.5 Å². The Morgan fingerprint density at radius 2 is 2.04 bits per heavy atom. The lowest BCUT2D eigenvalue weighted by Crippen LogP contribution is -2.06. The van der Waals surface area contributed by atoms with Gasteiger partial charge in [-0.15, -0.1) is 0 Å². The van der Waals surface area contributed by atoms with Crippen LogP contribution in [0.4, 0.5) is 10.8 Å². The molecular weight excluding hydrogens is 408 g/mol. The summed E-state index contributed by atoms with van der Waals surface area (Å²) in [6.07, 6.45) is 2.05. The van der Waals surface area contributed by atoms with Crippen molar-refractivity contribution in [3.8, 4) is 0 Å². The maximum Gasteiger partial charge on any atom is 0.183 e. The third-order valence-electron chi connectivity index (χ3n) is 4.75. The highest BCUT2D eigenvalue weighted by molar-refractivity contribution is 8.14. The number of fused-ring (bicyclic) bond motifs is 1. The molecule has 0 radical (unpaired) electrons. The zero-order chi connectivity index (χ0) is 19.5. The Labute approximate surface area is 178 Å². The van der Waals surface area contributed by atoms with Crippen LogP contribution in [-0.4, -0.2) is 28.5 Å². The number of anilines is 2. The van der Waals surface area contributed by atoms with Crippen molar-refractivity contribution in [1.82, 2.24) is 4.98 Å². The van der Waals surface area contributed by atoms with Crippen molar-refractivity contribution < 1.29 is 0 Å². The summed E-state index contributed by atoms with van der Waals surface area (Å²) < 4.78 is 1.12. The molecule has 0 fully saturated rings. The minimum absolute atomic E-state index is 0.459. The van der Waals surface area contributed by atoms with Crippen molar-refractivity contribution in [1.29, 1.82) is 0 Å². The van der Waals surface area contributed by atoms with Gasteiger partial charge in [-0.05, 0) is 55.2 Å². The lowest BCUT2D eigenvalue weighted by molar-refractivity contribution is 0.738. The van der Waals surface area contributed by atoms with Crippen LogP contribution >= 0.6 is 34.7 Å². The molecule has 0 aliphatic carbocycles. The minimum Gasteiger partial charge on any atom is -0.361 e. The molecular formula is C21H23ClN4S2. The number of nitrogens with zero attached hydrogens (tertiary/aromatic N) is 2. The fourth-order valence-corrected chi connectivity index (χ4v) is 5.23. The normalized spacial score (nSPS) is 16.4. The van der Waals surface area contributed by atoms with E-state index in [0.29, 0.717) is 6.04 Å². The molecule has 0 saturated heterocycles. The van der Waals surface area contributed by atoms with Crippen LogP contribution in [0.5, 0.6) is 0 Å². The van der Waals surface area contributed by atoms with Crippen LogP contribution in [0, 0.1) is 6.92 Å². The number of halogens is 1. The van der Waals surface area contributed by atoms with Crippen molar-refractivity contribution >= 4 is 60.9 Å². The van der Waals surface area contributed by atoms with Crippen LogP contribution in [0.2, 0.25) is 5.02 Å². The predicted octanol–water partition coefficient (Wildman–Crippen LogP) is 6.21. The zero-order valence-corrected chi connectivity index (χ0v) is 18.3. The molecule has 0 spiro atoms. The van der Waals surface area contributed by atoms with Gasteiger partial charge in [0.25, 0.3) is 0 Å². The molecule has 2 aromatic carbocycles. The van der Waals surface area contributed by atoms with Crippen molar-refractivity contribution in [3.63, 3.8) is 0 Å². The second-order valence-electron chi connectivity index (χ2n) is 6.89. The molecule has 2 N–H and O–H groups in total. The van der Waals surface area contributed by atoms with Crippen LogP contribution in [-0.2, 0) is 6.42 Å². The average molecular weight is 431 g/mol. The Bertz CT molecular complexity index is 959. The number of aryl methyl sites for hydroxylation is 1. The van der Waals surface area contributed by atoms with Gasteiger partial charge in [-0.1, -0.05) is 53.8 Å². The third kappa shape index (κ3) is 4.62. The van der Waals surface area contributed by atoms with Gasteiger partial charge in [0.1, 0.15) is 0 Å². The standard InChI is InChI=1S/C21H23ClN4S2/c1-3-15-12-27-21(24-15)25-16-6-4-14(5-7-16)8-9-23-20-26-18-10-13(2)17(22)11-19(18)28-20/h4-7,10-11,15H,3,8-9,12H2,1-2H3,(H,23,26)(H,24,25). The first-order chi connectivity index (χ1) is 13.6. The van der Waals surface area contributed by atoms with E-state index >= 15 is 0 Å². The number of benzene rings is 2. The summed E-state index contributed by atoms with van der Waals surface area (Å²) in [5.41, 5.74) is 4.46. The highest BCUT2D eigenvalue weighted by Gasteiger charge is 2.16. The van der Waals surface area contributed by atoms with E-state index in [1.165, 1.54) is 5.56 Å². The number of hydrogen-bond donors (Lipinski definition) is 2. The van der Waals surface area contributed by atoms with Gasteiger partial charge in [0.15, 0.2) is 10.3 Å². The van der Waals surface area contributed by atoms with Gasteiger partial charge >= 0.3 is 0 Å². The van der Waals surface area contributed by atoms with Gasteiger partial charge in [-0.3, -0.25) is 4.99 Å². The SMILES string of the molecule is CCC1CSC(Nc2ccc(CCNc3nc4cc(C)c(Cl)cc4s3)cc2)=N1. The highest BCUT2D eigenvalue weighted by Crippen LogP contribution is 2.30. The van der Waals surface area contributed by atoms with Crippen LogP contribution in [0.3, 0.4) is 0 Å². The summed E-state index contributed by atoms with van der Waals surface area (Å²) >= 11 is 9.66. The molecule has 0 saturated carbocycles. The number of nitrogens with one attached hydrogen (secondary N) is 2. The average Bonchev–Trinajstić information content (AvgIpc) is 3.30. The Hall–Kier alpha value is -1.76. The smallest absolute Gasteiger partial charge is 0.183 e. The number of amidine groups is 1. The summed E-state index contributed by atoms with van der Waals surface area (Å²) in [4.78, 5) is 9.33. The van der Waals surface area contributed by atoms with E-state index in [-0.39, 0.29) is 0 Å². The van der Waals surface area contributed by atoms with Gasteiger partial charge < -0.3 is 10.6 Å². The number of rotatable bonds is 6. The van der Waals surface area contributed by atoms with Gasteiger partial charge in [-0.25, -0.2) is 4.98 Å². The van der Waals surface area contributed by atoms with Crippen molar-refractivity contribution in [2.45, 2.75) is 32.7 Å². The summed E-state index contributed by atoms with van der Waals surface area (Å²) in [6, 6.07) is 13.1. The van der Waals surface area contributed by atoms with Gasteiger partial charge in [0.2, 0.25) is 0 Å². The molecule has 1 aliphatic heterocycles. The van der Waals surface area contributed by atoms with E-state index in [1.807, 2.05) is 19.1 Å². The van der Waals surface area contributed by atoms with Crippen LogP contribution in [0.1, 0.15) is 24.5 Å². The first kappa shape index (κ1) is 19.6. The molecule has 28 heavy (non-hydrogen) atoms. The Morgan fingerprint density at radius 3 is 2.79 bits per heavy atom. The second kappa shape index (κ2) is 8.72. The molecule has 1 aliphatic rings. The summed E-state index contributed by atoms with van der Waals surface area (Å²) in [5.74, 6) is 1.08. The molecule has 1 atom stereocenters. The number of aliphatic imine (C=N–C) groups is 1. The fourth-order valence-electron chi connectivity index (χ4n) is 3.01. The highest BCUT2D eigenvalue weighted by atomic mass is 35.5. The molecule has 2 heterocycles. The lowest BCUT2D eigenvalue weighted by atomic mass is 10.1. The largest absolute Gasteiger partial charge is 0.361 e. The molecule has 7 heteroatoms. The Morgan fingerprint density at radius 1 is 1.21 bits per heavy atom. The molecule has 4 nitrogen and oxygen atoms in total. The van der Waals surface area contributed by atoms with Crippen LogP contribution in [0.15, 0.2) is 41.4 Å². The molecule has 3 aromatic rings. The lowest BCUT2D eigenvalue weighted by Gasteiger charge is -2.07. The molecule has 0 amide bonds. The van der Waals surface area contributed by atoms with Crippen LogP contribution in [0.25, 0.3) is 10.2 Å². The number of thioether (sulfide) groups is 1. The summed E-state index contributed by atoms with van der Waals surface area (Å²) in [6.45, 7) is 5.04.